The van der Waals surface area contributed by atoms with Crippen LogP contribution in [-0.2, 0) is 11.3 Å². The minimum absolute atomic E-state index is 0.0668. The number of nitrogens with two attached hydrogens (primary N) is 1. The molecule has 1 saturated heterocycles. The third kappa shape index (κ3) is 4.26. The molecule has 4 aromatic heterocycles. The summed E-state index contributed by atoms with van der Waals surface area (Å²) in [4.78, 5) is 30.5. The van der Waals surface area contributed by atoms with Gasteiger partial charge in [-0.15, -0.1) is 16.4 Å². The molecule has 34 heavy (non-hydrogen) atoms. The number of anilines is 2. The number of piperidine rings is 1. The Hall–Kier alpha value is -3.71. The van der Waals surface area contributed by atoms with Crippen molar-refractivity contribution in [1.29, 1.82) is 0 Å². The number of nitrogens with zero attached hydrogens (tertiary/aromatic N) is 7. The standard InChI is InChI=1S/C20H20ClN9O3S/c21-16-4-3-15(34-16)20(33)25-11-2-1-5-28(7-11)14-6-13(30-18(14)19(22)23-10-24-30)12-8-29(27-26-12)9-17(31)32/h3-4,6,8,10-11H,1-2,5,7,9H2,(H,25,33)(H,31,32)(H2,22,23,24)/t11-/m1/s1. The number of carboxylic acid groups (broad SMARTS) is 1. The van der Waals surface area contributed by atoms with Gasteiger partial charge < -0.3 is 21.1 Å². The number of thiophene rings is 1. The molecule has 0 unspecified atom stereocenters. The number of nitrogen functional groups attached to an aromatic ring is 1. The van der Waals surface area contributed by atoms with Crippen LogP contribution in [0.5, 0.6) is 0 Å². The second-order valence-corrected chi connectivity index (χ2v) is 9.59. The Bertz CT molecular complexity index is 1380. The van der Waals surface area contributed by atoms with E-state index in [-0.39, 0.29) is 18.5 Å². The van der Waals surface area contributed by atoms with Crippen LogP contribution in [0.1, 0.15) is 22.5 Å². The van der Waals surface area contributed by atoms with Gasteiger partial charge in [0.1, 0.15) is 24.1 Å². The number of carbonyl (C=O) groups excluding carboxylic acids is 1. The number of rotatable bonds is 6. The Morgan fingerprint density at radius 1 is 1.35 bits per heavy atom. The summed E-state index contributed by atoms with van der Waals surface area (Å²) >= 11 is 7.21. The summed E-state index contributed by atoms with van der Waals surface area (Å²) in [5.74, 6) is -0.868. The number of fused-ring (bicyclic) bond motifs is 1. The van der Waals surface area contributed by atoms with Crippen molar-refractivity contribution in [1.82, 2.24) is 34.9 Å². The molecule has 5 rings (SSSR count). The highest BCUT2D eigenvalue weighted by molar-refractivity contribution is 7.18. The van der Waals surface area contributed by atoms with Crippen molar-refractivity contribution in [2.45, 2.75) is 25.4 Å². The van der Waals surface area contributed by atoms with E-state index < -0.39 is 5.97 Å². The summed E-state index contributed by atoms with van der Waals surface area (Å²) in [5, 5.41) is 24.4. The molecule has 0 aliphatic carbocycles. The number of nitrogens with one attached hydrogen (secondary N) is 1. The van der Waals surface area contributed by atoms with Crippen LogP contribution in [0.25, 0.3) is 16.9 Å². The van der Waals surface area contributed by atoms with Gasteiger partial charge in [-0.05, 0) is 31.0 Å². The van der Waals surface area contributed by atoms with Crippen LogP contribution in [0.2, 0.25) is 4.34 Å². The smallest absolute Gasteiger partial charge is 0.325 e. The maximum atomic E-state index is 12.6. The minimum Gasteiger partial charge on any atom is -0.480 e. The Balaban J connectivity index is 1.44. The average Bonchev–Trinajstić information content (AvgIpc) is 3.52. The van der Waals surface area contributed by atoms with Gasteiger partial charge in [-0.25, -0.2) is 14.2 Å². The van der Waals surface area contributed by atoms with E-state index in [0.717, 1.165) is 25.1 Å². The maximum Gasteiger partial charge on any atom is 0.325 e. The molecule has 0 spiro atoms. The fourth-order valence-corrected chi connectivity index (χ4v) is 5.06. The summed E-state index contributed by atoms with van der Waals surface area (Å²) in [6.07, 6.45) is 4.60. The fraction of sp³-hybridized carbons (Fsp3) is 0.300. The first-order valence-electron chi connectivity index (χ1n) is 10.4. The van der Waals surface area contributed by atoms with Crippen LogP contribution in [-0.4, -0.2) is 65.7 Å². The molecule has 12 nitrogen and oxygen atoms in total. The third-order valence-electron chi connectivity index (χ3n) is 5.56. The number of aromatic nitrogens is 6. The van der Waals surface area contributed by atoms with Crippen LogP contribution in [0.15, 0.2) is 30.7 Å². The van der Waals surface area contributed by atoms with E-state index in [1.54, 1.807) is 22.8 Å². The molecule has 0 aromatic carbocycles. The van der Waals surface area contributed by atoms with Crippen LogP contribution in [0, 0.1) is 0 Å². The van der Waals surface area contributed by atoms with Gasteiger partial charge in [0.25, 0.3) is 5.91 Å². The van der Waals surface area contributed by atoms with Crippen molar-refractivity contribution in [2.75, 3.05) is 23.7 Å². The monoisotopic (exact) mass is 501 g/mol. The highest BCUT2D eigenvalue weighted by atomic mass is 35.5. The summed E-state index contributed by atoms with van der Waals surface area (Å²) in [6.45, 7) is 1.03. The molecule has 4 aromatic rings. The summed E-state index contributed by atoms with van der Waals surface area (Å²) in [7, 11) is 0. The van der Waals surface area contributed by atoms with Crippen molar-refractivity contribution in [2.24, 2.45) is 0 Å². The molecule has 1 atom stereocenters. The number of aliphatic carboxylic acids is 1. The van der Waals surface area contributed by atoms with Gasteiger partial charge in [0.15, 0.2) is 5.82 Å². The van der Waals surface area contributed by atoms with E-state index in [1.165, 1.54) is 22.3 Å². The molecule has 4 N–H and O–H groups in total. The second kappa shape index (κ2) is 8.91. The summed E-state index contributed by atoms with van der Waals surface area (Å²) in [6, 6.07) is 5.24. The first-order chi connectivity index (χ1) is 16.4. The molecule has 0 bridgehead atoms. The van der Waals surface area contributed by atoms with Crippen molar-refractivity contribution >= 4 is 51.8 Å². The van der Waals surface area contributed by atoms with Gasteiger partial charge in [0, 0.05) is 19.1 Å². The first kappa shape index (κ1) is 22.1. The maximum absolute atomic E-state index is 12.6. The minimum atomic E-state index is -1.02. The Morgan fingerprint density at radius 3 is 2.97 bits per heavy atom. The van der Waals surface area contributed by atoms with Crippen molar-refractivity contribution in [3.63, 3.8) is 0 Å². The highest BCUT2D eigenvalue weighted by Crippen LogP contribution is 2.34. The van der Waals surface area contributed by atoms with Crippen LogP contribution >= 0.6 is 22.9 Å². The van der Waals surface area contributed by atoms with Gasteiger partial charge >= 0.3 is 5.97 Å². The Labute approximate surface area is 201 Å². The lowest BCUT2D eigenvalue weighted by Gasteiger charge is -2.34. The van der Waals surface area contributed by atoms with Gasteiger partial charge in [-0.2, -0.15) is 5.10 Å². The molecular weight excluding hydrogens is 482 g/mol. The van der Waals surface area contributed by atoms with Crippen molar-refractivity contribution in [3.8, 4) is 11.4 Å². The van der Waals surface area contributed by atoms with E-state index in [1.807, 2.05) is 6.07 Å². The van der Waals surface area contributed by atoms with Gasteiger partial charge in [0.2, 0.25) is 0 Å². The zero-order valence-electron chi connectivity index (χ0n) is 17.8. The van der Waals surface area contributed by atoms with E-state index in [0.29, 0.717) is 38.5 Å². The molecule has 14 heteroatoms. The first-order valence-corrected chi connectivity index (χ1v) is 11.6. The Kier molecular flexibility index (Phi) is 5.79. The van der Waals surface area contributed by atoms with Crippen LogP contribution in [0.3, 0.4) is 0 Å². The van der Waals surface area contributed by atoms with Crippen molar-refractivity contribution in [3.05, 3.63) is 39.9 Å². The highest BCUT2D eigenvalue weighted by Gasteiger charge is 2.27. The lowest BCUT2D eigenvalue weighted by Crippen LogP contribution is -2.47. The van der Waals surface area contributed by atoms with Gasteiger partial charge in [-0.3, -0.25) is 9.59 Å². The fourth-order valence-electron chi connectivity index (χ4n) is 4.11. The van der Waals surface area contributed by atoms with E-state index in [9.17, 15) is 9.59 Å². The van der Waals surface area contributed by atoms with Gasteiger partial charge in [-0.1, -0.05) is 16.8 Å². The molecule has 0 radical (unpaired) electrons. The predicted octanol–water partition coefficient (Wildman–Crippen LogP) is 1.77. The normalized spacial score (nSPS) is 16.1. The largest absolute Gasteiger partial charge is 0.480 e. The summed E-state index contributed by atoms with van der Waals surface area (Å²) < 4.78 is 3.44. The number of carboxylic acids is 1. The molecule has 176 valence electrons. The number of hydrogen-bond donors (Lipinski definition) is 3. The average molecular weight is 502 g/mol. The van der Waals surface area contributed by atoms with Gasteiger partial charge in [0.05, 0.1) is 26.8 Å². The van der Waals surface area contributed by atoms with E-state index >= 15 is 0 Å². The van der Waals surface area contributed by atoms with E-state index in [4.69, 9.17) is 22.4 Å². The zero-order valence-corrected chi connectivity index (χ0v) is 19.3. The molecule has 0 saturated carbocycles. The molecule has 1 fully saturated rings. The van der Waals surface area contributed by atoms with Crippen LogP contribution in [0.4, 0.5) is 11.5 Å². The topological polar surface area (TPSA) is 157 Å². The number of hydrogen-bond acceptors (Lipinski definition) is 9. The number of carbonyl (C=O) groups is 2. The second-order valence-electron chi connectivity index (χ2n) is 7.88. The molecule has 5 heterocycles. The Morgan fingerprint density at radius 2 is 2.21 bits per heavy atom. The quantitative estimate of drug-likeness (QED) is 0.358. The van der Waals surface area contributed by atoms with Crippen molar-refractivity contribution < 1.29 is 14.7 Å². The lowest BCUT2D eigenvalue weighted by atomic mass is 10.0. The SMILES string of the molecule is Nc1ncnn2c(-c3cn(CC(=O)O)nn3)cc(N3CCC[C@@H](NC(=O)c4ccc(Cl)s4)C3)c12. The lowest BCUT2D eigenvalue weighted by molar-refractivity contribution is -0.137. The number of amides is 1. The summed E-state index contributed by atoms with van der Waals surface area (Å²) in [5.41, 5.74) is 8.70. The molecule has 1 amide bonds. The zero-order chi connectivity index (χ0) is 23.8. The third-order valence-corrected chi connectivity index (χ3v) is 6.79. The van der Waals surface area contributed by atoms with Crippen LogP contribution < -0.4 is 16.0 Å². The molecule has 1 aliphatic heterocycles. The predicted molar refractivity (Wildman–Crippen MR) is 126 cm³/mol. The van der Waals surface area contributed by atoms with E-state index in [2.05, 4.69) is 30.6 Å². The molecule has 1 aliphatic rings. The number of halogens is 1. The molecular formula is C20H20ClN9O3S.